The smallest absolute Gasteiger partial charge is 0.303 e. The first-order valence-electron chi connectivity index (χ1n) is 7.63. The minimum atomic E-state index is -3.44. The van der Waals surface area contributed by atoms with Gasteiger partial charge in [0.2, 0.25) is 10.0 Å². The molecule has 0 saturated carbocycles. The van der Waals surface area contributed by atoms with Crippen LogP contribution in [0.2, 0.25) is 15.1 Å². The fourth-order valence-corrected chi connectivity index (χ4v) is 3.75. The second-order valence-electron chi connectivity index (χ2n) is 5.79. The summed E-state index contributed by atoms with van der Waals surface area (Å²) in [6, 6.07) is 7.87. The van der Waals surface area contributed by atoms with Crippen LogP contribution in [0.1, 0.15) is 17.5 Å². The lowest BCUT2D eigenvalue weighted by molar-refractivity contribution is -0.136. The molecule has 146 valence electrons. The van der Waals surface area contributed by atoms with Crippen LogP contribution in [-0.2, 0) is 27.8 Å². The van der Waals surface area contributed by atoms with Crippen molar-refractivity contribution in [3.05, 3.63) is 56.5 Å². The maximum atomic E-state index is 11.4. The highest BCUT2D eigenvalue weighted by Gasteiger charge is 2.12. The van der Waals surface area contributed by atoms with E-state index in [4.69, 9.17) is 44.6 Å². The third-order valence-electron chi connectivity index (χ3n) is 3.33. The Kier molecular flexibility index (Phi) is 7.22. The van der Waals surface area contributed by atoms with Crippen molar-refractivity contribution < 1.29 is 23.1 Å². The molecule has 2 N–H and O–H groups in total. The van der Waals surface area contributed by atoms with Crippen molar-refractivity contribution in [2.24, 2.45) is 0 Å². The number of carboxylic acids is 1. The van der Waals surface area contributed by atoms with Crippen molar-refractivity contribution in [3.63, 3.8) is 0 Å². The van der Waals surface area contributed by atoms with Gasteiger partial charge in [-0.3, -0.25) is 9.52 Å². The molecular formula is C17H16Cl3NO5S. The second-order valence-corrected chi connectivity index (χ2v) is 8.79. The lowest BCUT2D eigenvalue weighted by atomic mass is 10.1. The number of aliphatic carboxylic acids is 1. The van der Waals surface area contributed by atoms with Gasteiger partial charge in [0.15, 0.2) is 5.75 Å². The van der Waals surface area contributed by atoms with E-state index in [0.29, 0.717) is 28.3 Å². The third-order valence-corrected chi connectivity index (χ3v) is 4.72. The van der Waals surface area contributed by atoms with Crippen LogP contribution in [0.15, 0.2) is 30.3 Å². The monoisotopic (exact) mass is 451 g/mol. The number of hydrogen-bond donors (Lipinski definition) is 2. The van der Waals surface area contributed by atoms with Gasteiger partial charge in [0, 0.05) is 11.4 Å². The molecule has 6 nitrogen and oxygen atoms in total. The molecule has 0 aliphatic carbocycles. The number of hydrogen-bond acceptors (Lipinski definition) is 4. The molecule has 2 aromatic carbocycles. The summed E-state index contributed by atoms with van der Waals surface area (Å²) in [6.45, 7) is 0.0485. The van der Waals surface area contributed by atoms with Crippen LogP contribution in [-0.4, -0.2) is 25.7 Å². The van der Waals surface area contributed by atoms with E-state index in [9.17, 15) is 13.2 Å². The Balaban J connectivity index is 2.15. The largest absolute Gasteiger partial charge is 0.486 e. The van der Waals surface area contributed by atoms with E-state index in [1.807, 2.05) is 0 Å². The van der Waals surface area contributed by atoms with E-state index in [1.165, 1.54) is 6.07 Å². The van der Waals surface area contributed by atoms with E-state index in [0.717, 1.165) is 6.26 Å². The highest BCUT2D eigenvalue weighted by atomic mass is 35.5. The molecule has 0 radical (unpaired) electrons. The summed E-state index contributed by atoms with van der Waals surface area (Å²) in [4.78, 5) is 10.7. The Morgan fingerprint density at radius 1 is 1.07 bits per heavy atom. The molecule has 27 heavy (non-hydrogen) atoms. The number of rotatable bonds is 8. The van der Waals surface area contributed by atoms with Gasteiger partial charge in [-0.2, -0.15) is 0 Å². The first-order chi connectivity index (χ1) is 12.5. The average molecular weight is 453 g/mol. The molecule has 2 rings (SSSR count). The maximum Gasteiger partial charge on any atom is 0.303 e. The van der Waals surface area contributed by atoms with Crippen LogP contribution < -0.4 is 9.46 Å². The van der Waals surface area contributed by atoms with Crippen LogP contribution in [0.5, 0.6) is 5.75 Å². The van der Waals surface area contributed by atoms with Gasteiger partial charge < -0.3 is 9.84 Å². The predicted molar refractivity (Wildman–Crippen MR) is 107 cm³/mol. The number of sulfonamides is 1. The topological polar surface area (TPSA) is 92.7 Å². The minimum Gasteiger partial charge on any atom is -0.486 e. The third kappa shape index (κ3) is 7.10. The summed E-state index contributed by atoms with van der Waals surface area (Å²) in [6.07, 6.45) is 1.30. The lowest BCUT2D eigenvalue weighted by Crippen LogP contribution is -2.10. The Hall–Kier alpha value is -1.67. The van der Waals surface area contributed by atoms with E-state index < -0.39 is 16.0 Å². The number of halogens is 3. The standard InChI is InChI=1S/C17H16Cl3NO5S/c1-27(24,25)21-13-5-11(4-12(18)8-13)9-26-17-14(19)6-10(7-15(17)20)2-3-16(22)23/h4-8,21H,2-3,9H2,1H3,(H,22,23). The number of carboxylic acid groups (broad SMARTS) is 1. The quantitative estimate of drug-likeness (QED) is 0.610. The number of ether oxygens (including phenoxy) is 1. The van der Waals surface area contributed by atoms with Gasteiger partial charge >= 0.3 is 5.97 Å². The van der Waals surface area contributed by atoms with Crippen LogP contribution in [0.25, 0.3) is 0 Å². The van der Waals surface area contributed by atoms with Crippen molar-refractivity contribution in [2.75, 3.05) is 11.0 Å². The van der Waals surface area contributed by atoms with Crippen molar-refractivity contribution in [1.29, 1.82) is 0 Å². The zero-order valence-corrected chi connectivity index (χ0v) is 17.2. The summed E-state index contributed by atoms with van der Waals surface area (Å²) in [5.74, 6) is -0.669. The fraction of sp³-hybridized carbons (Fsp3) is 0.235. The Morgan fingerprint density at radius 2 is 1.70 bits per heavy atom. The first-order valence-corrected chi connectivity index (χ1v) is 10.7. The highest BCUT2D eigenvalue weighted by molar-refractivity contribution is 7.92. The summed E-state index contributed by atoms with van der Waals surface area (Å²) >= 11 is 18.4. The molecule has 0 saturated heterocycles. The fourth-order valence-electron chi connectivity index (χ4n) is 2.31. The van der Waals surface area contributed by atoms with Crippen molar-refractivity contribution in [2.45, 2.75) is 19.4 Å². The molecule has 0 amide bonds. The van der Waals surface area contributed by atoms with E-state index in [1.54, 1.807) is 24.3 Å². The Labute approximate surface area is 172 Å². The number of benzene rings is 2. The molecular weight excluding hydrogens is 437 g/mol. The van der Waals surface area contributed by atoms with Gasteiger partial charge in [0.25, 0.3) is 0 Å². The molecule has 0 aliphatic heterocycles. The summed E-state index contributed by atoms with van der Waals surface area (Å²) < 4.78 is 30.7. The summed E-state index contributed by atoms with van der Waals surface area (Å²) in [5, 5.41) is 9.58. The van der Waals surface area contributed by atoms with E-state index in [-0.39, 0.29) is 28.8 Å². The van der Waals surface area contributed by atoms with Gasteiger partial charge in [0.05, 0.1) is 22.0 Å². The Morgan fingerprint density at radius 3 is 2.26 bits per heavy atom. The average Bonchev–Trinajstić information content (AvgIpc) is 2.49. The zero-order chi connectivity index (χ0) is 20.2. The first kappa shape index (κ1) is 21.6. The SMILES string of the molecule is CS(=O)(=O)Nc1cc(Cl)cc(COc2c(Cl)cc(CCC(=O)O)cc2Cl)c1. The predicted octanol–water partition coefficient (Wildman–Crippen LogP) is 4.61. The molecule has 0 bridgehead atoms. The van der Waals surface area contributed by atoms with Gasteiger partial charge in [-0.15, -0.1) is 0 Å². The molecule has 0 spiro atoms. The second kappa shape index (κ2) is 9.01. The van der Waals surface area contributed by atoms with Gasteiger partial charge in [-0.25, -0.2) is 8.42 Å². The minimum absolute atomic E-state index is 0.0362. The van der Waals surface area contributed by atoms with Gasteiger partial charge in [0.1, 0.15) is 6.61 Å². The van der Waals surface area contributed by atoms with Crippen molar-refractivity contribution >= 4 is 56.5 Å². The van der Waals surface area contributed by atoms with Crippen LogP contribution in [0.3, 0.4) is 0 Å². The molecule has 0 aliphatic rings. The van der Waals surface area contributed by atoms with Crippen molar-refractivity contribution in [1.82, 2.24) is 0 Å². The number of carbonyl (C=O) groups is 1. The van der Waals surface area contributed by atoms with E-state index in [2.05, 4.69) is 4.72 Å². The van der Waals surface area contributed by atoms with Crippen LogP contribution in [0.4, 0.5) is 5.69 Å². The lowest BCUT2D eigenvalue weighted by Gasteiger charge is -2.13. The highest BCUT2D eigenvalue weighted by Crippen LogP contribution is 2.35. The molecule has 0 heterocycles. The molecule has 10 heteroatoms. The normalized spacial score (nSPS) is 11.3. The summed E-state index contributed by atoms with van der Waals surface area (Å²) in [7, 11) is -3.44. The zero-order valence-electron chi connectivity index (χ0n) is 14.1. The molecule has 0 fully saturated rings. The number of aryl methyl sites for hydroxylation is 1. The molecule has 0 unspecified atom stereocenters. The van der Waals surface area contributed by atoms with Gasteiger partial charge in [-0.05, 0) is 47.9 Å². The van der Waals surface area contributed by atoms with Gasteiger partial charge in [-0.1, -0.05) is 34.8 Å². The Bertz CT molecular complexity index is 940. The van der Waals surface area contributed by atoms with Crippen molar-refractivity contribution in [3.8, 4) is 5.75 Å². The molecule has 2 aromatic rings. The van der Waals surface area contributed by atoms with E-state index >= 15 is 0 Å². The summed E-state index contributed by atoms with van der Waals surface area (Å²) in [5.41, 5.74) is 1.60. The molecule has 0 atom stereocenters. The number of nitrogens with one attached hydrogen (secondary N) is 1. The number of anilines is 1. The molecule has 0 aromatic heterocycles. The van der Waals surface area contributed by atoms with Crippen LogP contribution in [0, 0.1) is 0 Å². The maximum absolute atomic E-state index is 11.4. The van der Waals surface area contributed by atoms with Crippen LogP contribution >= 0.6 is 34.8 Å².